The standard InChI is InChI=1S/C32H63N3O6/c1-15-28(5,6)25(37)34-29(7,8)19-22-40-32(13,14)18-21-33-24(36)16-17-31(11,12)39-23-20-30(9,10)35-26(38)41-27(2,3)4/h15-23H2,1-14H3,(H,33,36)(H,34,37)(H,35,38). The zero-order chi connectivity index (χ0) is 32.3. The number of carbonyl (C=O) groups is 3. The first-order valence-corrected chi connectivity index (χ1v) is 15.2. The molecule has 0 aliphatic heterocycles. The van der Waals surface area contributed by atoms with Crippen LogP contribution >= 0.6 is 0 Å². The highest BCUT2D eigenvalue weighted by Crippen LogP contribution is 2.23. The van der Waals surface area contributed by atoms with Gasteiger partial charge in [-0.3, -0.25) is 9.59 Å². The van der Waals surface area contributed by atoms with Crippen molar-refractivity contribution in [2.24, 2.45) is 5.41 Å². The molecule has 0 heterocycles. The lowest BCUT2D eigenvalue weighted by atomic mass is 9.87. The molecule has 0 aromatic carbocycles. The van der Waals surface area contributed by atoms with Gasteiger partial charge >= 0.3 is 6.09 Å². The molecule has 0 radical (unpaired) electrons. The van der Waals surface area contributed by atoms with Gasteiger partial charge in [0.15, 0.2) is 0 Å². The second-order valence-electron chi connectivity index (χ2n) is 15.4. The van der Waals surface area contributed by atoms with Gasteiger partial charge in [0.25, 0.3) is 0 Å². The van der Waals surface area contributed by atoms with E-state index in [9.17, 15) is 14.4 Å². The predicted octanol–water partition coefficient (Wildman–Crippen LogP) is 6.28. The van der Waals surface area contributed by atoms with Crippen LogP contribution in [-0.2, 0) is 23.8 Å². The zero-order valence-electron chi connectivity index (χ0n) is 28.8. The third kappa shape index (κ3) is 19.0. The summed E-state index contributed by atoms with van der Waals surface area (Å²) in [5.41, 5.74) is -2.68. The quantitative estimate of drug-likeness (QED) is 0.174. The van der Waals surface area contributed by atoms with E-state index in [2.05, 4.69) is 16.0 Å². The summed E-state index contributed by atoms with van der Waals surface area (Å²) >= 11 is 0. The lowest BCUT2D eigenvalue weighted by Gasteiger charge is -2.33. The number of rotatable bonds is 18. The Labute approximate surface area is 251 Å². The van der Waals surface area contributed by atoms with Gasteiger partial charge in [-0.15, -0.1) is 0 Å². The molecule has 0 fully saturated rings. The van der Waals surface area contributed by atoms with Crippen LogP contribution in [0.4, 0.5) is 4.79 Å². The van der Waals surface area contributed by atoms with Crippen LogP contribution in [0.5, 0.6) is 0 Å². The summed E-state index contributed by atoms with van der Waals surface area (Å²) in [6, 6.07) is 0. The van der Waals surface area contributed by atoms with Gasteiger partial charge < -0.3 is 30.2 Å². The summed E-state index contributed by atoms with van der Waals surface area (Å²) in [7, 11) is 0. The number of hydrogen-bond acceptors (Lipinski definition) is 6. The van der Waals surface area contributed by atoms with Crippen LogP contribution in [0, 0.1) is 5.41 Å². The Morgan fingerprint density at radius 2 is 1.10 bits per heavy atom. The number of amides is 3. The first-order valence-electron chi connectivity index (χ1n) is 15.2. The van der Waals surface area contributed by atoms with Gasteiger partial charge in [-0.2, -0.15) is 0 Å². The highest BCUT2D eigenvalue weighted by molar-refractivity contribution is 5.82. The Kier molecular flexibility index (Phi) is 14.8. The maximum absolute atomic E-state index is 12.5. The van der Waals surface area contributed by atoms with E-state index >= 15 is 0 Å². The minimum absolute atomic E-state index is 0.0215. The van der Waals surface area contributed by atoms with Crippen molar-refractivity contribution >= 4 is 17.9 Å². The predicted molar refractivity (Wildman–Crippen MR) is 166 cm³/mol. The highest BCUT2D eigenvalue weighted by Gasteiger charge is 2.31. The minimum atomic E-state index is -0.551. The largest absolute Gasteiger partial charge is 0.444 e. The van der Waals surface area contributed by atoms with Crippen molar-refractivity contribution in [3.05, 3.63) is 0 Å². The average Bonchev–Trinajstić information content (AvgIpc) is 2.74. The minimum Gasteiger partial charge on any atom is -0.444 e. The fourth-order valence-corrected chi connectivity index (χ4v) is 3.66. The Morgan fingerprint density at radius 1 is 0.634 bits per heavy atom. The summed E-state index contributed by atoms with van der Waals surface area (Å²) in [5.74, 6) is 0.0337. The third-order valence-electron chi connectivity index (χ3n) is 7.23. The molecule has 0 spiro atoms. The molecule has 9 nitrogen and oxygen atoms in total. The molecule has 0 bridgehead atoms. The second kappa shape index (κ2) is 15.6. The van der Waals surface area contributed by atoms with Crippen molar-refractivity contribution in [2.45, 2.75) is 163 Å². The Hall–Kier alpha value is -1.87. The molecule has 0 aliphatic rings. The fraction of sp³-hybridized carbons (Fsp3) is 0.906. The Balaban J connectivity index is 4.38. The molecule has 0 saturated heterocycles. The molecule has 0 aromatic heterocycles. The van der Waals surface area contributed by atoms with Crippen LogP contribution in [0.2, 0.25) is 0 Å². The van der Waals surface area contributed by atoms with Crippen molar-refractivity contribution in [1.29, 1.82) is 0 Å². The molecule has 0 unspecified atom stereocenters. The summed E-state index contributed by atoms with van der Waals surface area (Å²) in [6.07, 6.45) is 3.24. The molecule has 41 heavy (non-hydrogen) atoms. The zero-order valence-corrected chi connectivity index (χ0v) is 28.8. The van der Waals surface area contributed by atoms with Crippen molar-refractivity contribution in [3.8, 4) is 0 Å². The van der Waals surface area contributed by atoms with Crippen LogP contribution in [0.3, 0.4) is 0 Å². The summed E-state index contributed by atoms with van der Waals surface area (Å²) < 4.78 is 17.5. The van der Waals surface area contributed by atoms with Gasteiger partial charge in [0.05, 0.1) is 11.2 Å². The molecule has 0 saturated carbocycles. The Morgan fingerprint density at radius 3 is 1.56 bits per heavy atom. The molecular weight excluding hydrogens is 522 g/mol. The average molecular weight is 586 g/mol. The van der Waals surface area contributed by atoms with E-state index in [0.29, 0.717) is 51.9 Å². The number of nitrogens with one attached hydrogen (secondary N) is 3. The maximum atomic E-state index is 12.5. The van der Waals surface area contributed by atoms with Gasteiger partial charge in [0, 0.05) is 42.7 Å². The first kappa shape index (κ1) is 39.1. The lowest BCUT2D eigenvalue weighted by Crippen LogP contribution is -2.49. The second-order valence-corrected chi connectivity index (χ2v) is 15.4. The molecule has 0 aromatic rings. The summed E-state index contributed by atoms with van der Waals surface area (Å²) in [6.45, 7) is 28.7. The lowest BCUT2D eigenvalue weighted by molar-refractivity contribution is -0.131. The van der Waals surface area contributed by atoms with Gasteiger partial charge in [-0.25, -0.2) is 4.79 Å². The first-order chi connectivity index (χ1) is 18.3. The van der Waals surface area contributed by atoms with Crippen LogP contribution in [0.15, 0.2) is 0 Å². The van der Waals surface area contributed by atoms with E-state index < -0.39 is 33.9 Å². The highest BCUT2D eigenvalue weighted by atomic mass is 16.6. The van der Waals surface area contributed by atoms with E-state index in [1.165, 1.54) is 0 Å². The molecule has 9 heteroatoms. The Bertz CT molecular complexity index is 841. The molecule has 242 valence electrons. The van der Waals surface area contributed by atoms with Crippen LogP contribution < -0.4 is 16.0 Å². The molecule has 0 atom stereocenters. The molecule has 0 rings (SSSR count). The van der Waals surface area contributed by atoms with Gasteiger partial charge in [0.2, 0.25) is 11.8 Å². The van der Waals surface area contributed by atoms with Crippen molar-refractivity contribution in [2.75, 3.05) is 19.8 Å². The fourth-order valence-electron chi connectivity index (χ4n) is 3.66. The number of alkyl carbamates (subject to hydrolysis) is 1. The smallest absolute Gasteiger partial charge is 0.408 e. The monoisotopic (exact) mass is 585 g/mol. The molecular formula is C32H63N3O6. The van der Waals surface area contributed by atoms with Crippen molar-refractivity contribution in [3.63, 3.8) is 0 Å². The van der Waals surface area contributed by atoms with E-state index in [4.69, 9.17) is 14.2 Å². The number of hydrogen-bond donors (Lipinski definition) is 3. The van der Waals surface area contributed by atoms with Gasteiger partial charge in [0.1, 0.15) is 5.60 Å². The van der Waals surface area contributed by atoms with Crippen LogP contribution in [-0.4, -0.2) is 65.5 Å². The SMILES string of the molecule is CCC(C)(C)C(=O)NC(C)(C)CCOC(C)(C)CCNC(=O)CCC(C)(C)OCCC(C)(C)NC(=O)OC(C)(C)C. The topological polar surface area (TPSA) is 115 Å². The number of ether oxygens (including phenoxy) is 3. The van der Waals surface area contributed by atoms with Crippen LogP contribution in [0.25, 0.3) is 0 Å². The van der Waals surface area contributed by atoms with Crippen molar-refractivity contribution < 1.29 is 28.6 Å². The summed E-state index contributed by atoms with van der Waals surface area (Å²) in [5, 5.41) is 9.03. The van der Waals surface area contributed by atoms with E-state index in [1.54, 1.807) is 0 Å². The van der Waals surface area contributed by atoms with Crippen molar-refractivity contribution in [1.82, 2.24) is 16.0 Å². The number of carbonyl (C=O) groups excluding carboxylic acids is 3. The normalized spacial score (nSPS) is 13.5. The molecule has 3 N–H and O–H groups in total. The van der Waals surface area contributed by atoms with E-state index in [1.807, 2.05) is 96.9 Å². The van der Waals surface area contributed by atoms with E-state index in [-0.39, 0.29) is 17.4 Å². The maximum Gasteiger partial charge on any atom is 0.408 e. The molecule has 3 amide bonds. The van der Waals surface area contributed by atoms with Gasteiger partial charge in [-0.05, 0) is 108 Å². The third-order valence-corrected chi connectivity index (χ3v) is 7.23. The van der Waals surface area contributed by atoms with Gasteiger partial charge in [-0.1, -0.05) is 20.8 Å². The summed E-state index contributed by atoms with van der Waals surface area (Å²) in [4.78, 5) is 37.1. The van der Waals surface area contributed by atoms with Crippen LogP contribution in [0.1, 0.15) is 135 Å². The van der Waals surface area contributed by atoms with E-state index in [0.717, 1.165) is 6.42 Å². The molecule has 0 aliphatic carbocycles.